The number of hydrogen-bond donors (Lipinski definition) is 1. The number of hydrogen-bond acceptors (Lipinski definition) is 4. The topological polar surface area (TPSA) is 67.9 Å². The first-order chi connectivity index (χ1) is 11.5. The SMILES string of the molecule is CCCC(=O)N(Cc1ccc(OC)cc1)[C@H](C)C(=O)NCCOC. The lowest BCUT2D eigenvalue weighted by Crippen LogP contribution is -2.48. The molecule has 1 rings (SSSR count). The van der Waals surface area contributed by atoms with E-state index in [0.29, 0.717) is 26.1 Å². The van der Waals surface area contributed by atoms with E-state index < -0.39 is 6.04 Å². The quantitative estimate of drug-likeness (QED) is 0.663. The molecule has 1 aromatic carbocycles. The summed E-state index contributed by atoms with van der Waals surface area (Å²) < 4.78 is 10.1. The van der Waals surface area contributed by atoms with Crippen LogP contribution in [0.25, 0.3) is 0 Å². The highest BCUT2D eigenvalue weighted by Gasteiger charge is 2.25. The lowest BCUT2D eigenvalue weighted by atomic mass is 10.1. The summed E-state index contributed by atoms with van der Waals surface area (Å²) in [6.45, 7) is 4.96. The molecule has 1 atom stereocenters. The summed E-state index contributed by atoms with van der Waals surface area (Å²) in [6, 6.07) is 6.96. The third-order valence-corrected chi connectivity index (χ3v) is 3.75. The Hall–Kier alpha value is -2.08. The Kier molecular flexibility index (Phi) is 8.86. The summed E-state index contributed by atoms with van der Waals surface area (Å²) in [7, 11) is 3.19. The second-order valence-electron chi connectivity index (χ2n) is 5.58. The number of rotatable bonds is 10. The van der Waals surface area contributed by atoms with Crippen LogP contribution in [0.4, 0.5) is 0 Å². The van der Waals surface area contributed by atoms with Gasteiger partial charge in [-0.05, 0) is 31.0 Å². The third kappa shape index (κ3) is 6.20. The maximum Gasteiger partial charge on any atom is 0.242 e. The van der Waals surface area contributed by atoms with E-state index in [1.54, 1.807) is 26.0 Å². The smallest absolute Gasteiger partial charge is 0.242 e. The molecule has 0 aromatic heterocycles. The summed E-state index contributed by atoms with van der Waals surface area (Å²) in [5.74, 6) is 0.559. The highest BCUT2D eigenvalue weighted by Crippen LogP contribution is 2.15. The molecule has 6 heteroatoms. The van der Waals surface area contributed by atoms with Gasteiger partial charge in [0, 0.05) is 26.6 Å². The molecular weight excluding hydrogens is 308 g/mol. The molecule has 6 nitrogen and oxygen atoms in total. The van der Waals surface area contributed by atoms with Gasteiger partial charge in [-0.2, -0.15) is 0 Å². The van der Waals surface area contributed by atoms with Crippen LogP contribution in [-0.2, 0) is 20.9 Å². The van der Waals surface area contributed by atoms with Crippen molar-refractivity contribution in [2.45, 2.75) is 39.3 Å². The summed E-state index contributed by atoms with van der Waals surface area (Å²) in [5.41, 5.74) is 0.955. The van der Waals surface area contributed by atoms with E-state index in [4.69, 9.17) is 9.47 Å². The van der Waals surface area contributed by atoms with E-state index in [1.807, 2.05) is 31.2 Å². The molecule has 2 amide bonds. The molecule has 1 N–H and O–H groups in total. The molecule has 0 radical (unpaired) electrons. The van der Waals surface area contributed by atoms with Crippen LogP contribution in [0.3, 0.4) is 0 Å². The molecule has 0 aliphatic heterocycles. The fourth-order valence-electron chi connectivity index (χ4n) is 2.29. The summed E-state index contributed by atoms with van der Waals surface area (Å²) in [4.78, 5) is 26.3. The van der Waals surface area contributed by atoms with Crippen LogP contribution in [0.1, 0.15) is 32.3 Å². The lowest BCUT2D eigenvalue weighted by Gasteiger charge is -2.28. The van der Waals surface area contributed by atoms with E-state index in [1.165, 1.54) is 0 Å². The molecule has 0 aliphatic rings. The number of amides is 2. The molecule has 134 valence electrons. The molecule has 1 aromatic rings. The van der Waals surface area contributed by atoms with Crippen molar-refractivity contribution in [3.05, 3.63) is 29.8 Å². The zero-order chi connectivity index (χ0) is 17.9. The number of nitrogens with zero attached hydrogens (tertiary/aromatic N) is 1. The maximum atomic E-state index is 12.4. The van der Waals surface area contributed by atoms with Gasteiger partial charge in [0.2, 0.25) is 11.8 Å². The lowest BCUT2D eigenvalue weighted by molar-refractivity contribution is -0.140. The van der Waals surface area contributed by atoms with Gasteiger partial charge < -0.3 is 19.7 Å². The van der Waals surface area contributed by atoms with Gasteiger partial charge in [-0.25, -0.2) is 0 Å². The summed E-state index contributed by atoms with van der Waals surface area (Å²) in [5, 5.41) is 2.79. The largest absolute Gasteiger partial charge is 0.497 e. The van der Waals surface area contributed by atoms with Crippen LogP contribution < -0.4 is 10.1 Å². The molecule has 0 spiro atoms. The van der Waals surface area contributed by atoms with Crippen LogP contribution in [0, 0.1) is 0 Å². The Morgan fingerprint density at radius 1 is 1.21 bits per heavy atom. The van der Waals surface area contributed by atoms with Gasteiger partial charge in [-0.1, -0.05) is 19.1 Å². The highest BCUT2D eigenvalue weighted by atomic mass is 16.5. The van der Waals surface area contributed by atoms with Crippen LogP contribution in [0.2, 0.25) is 0 Å². The van der Waals surface area contributed by atoms with Gasteiger partial charge in [0.15, 0.2) is 0 Å². The first-order valence-electron chi connectivity index (χ1n) is 8.22. The number of benzene rings is 1. The first kappa shape index (κ1) is 20.0. The van der Waals surface area contributed by atoms with Crippen LogP contribution >= 0.6 is 0 Å². The fraction of sp³-hybridized carbons (Fsp3) is 0.556. The molecule has 0 saturated carbocycles. The zero-order valence-electron chi connectivity index (χ0n) is 15.0. The third-order valence-electron chi connectivity index (χ3n) is 3.75. The van der Waals surface area contributed by atoms with E-state index in [0.717, 1.165) is 17.7 Å². The standard InChI is InChI=1S/C18H28N2O4/c1-5-6-17(21)20(14(2)18(22)19-11-12-23-3)13-15-7-9-16(24-4)10-8-15/h7-10,14H,5-6,11-13H2,1-4H3,(H,19,22)/t14-/m1/s1. The van der Waals surface area contributed by atoms with Crippen molar-refractivity contribution in [1.82, 2.24) is 10.2 Å². The number of carbonyl (C=O) groups excluding carboxylic acids is 2. The van der Waals surface area contributed by atoms with Gasteiger partial charge >= 0.3 is 0 Å². The van der Waals surface area contributed by atoms with Crippen molar-refractivity contribution in [2.75, 3.05) is 27.4 Å². The van der Waals surface area contributed by atoms with E-state index in [9.17, 15) is 9.59 Å². The average Bonchev–Trinajstić information content (AvgIpc) is 2.59. The normalized spacial score (nSPS) is 11.7. The maximum absolute atomic E-state index is 12.4. The second-order valence-corrected chi connectivity index (χ2v) is 5.58. The van der Waals surface area contributed by atoms with E-state index in [-0.39, 0.29) is 11.8 Å². The Morgan fingerprint density at radius 3 is 2.42 bits per heavy atom. The van der Waals surface area contributed by atoms with Crippen molar-refractivity contribution >= 4 is 11.8 Å². The van der Waals surface area contributed by atoms with Crippen LogP contribution in [0.15, 0.2) is 24.3 Å². The van der Waals surface area contributed by atoms with Crippen LogP contribution in [-0.4, -0.2) is 50.1 Å². The van der Waals surface area contributed by atoms with Crippen molar-refractivity contribution in [3.63, 3.8) is 0 Å². The van der Waals surface area contributed by atoms with E-state index >= 15 is 0 Å². The number of ether oxygens (including phenoxy) is 2. The predicted molar refractivity (Wildman–Crippen MR) is 92.8 cm³/mol. The van der Waals surface area contributed by atoms with Crippen LogP contribution in [0.5, 0.6) is 5.75 Å². The average molecular weight is 336 g/mol. The van der Waals surface area contributed by atoms with Crippen molar-refractivity contribution in [1.29, 1.82) is 0 Å². The van der Waals surface area contributed by atoms with Crippen molar-refractivity contribution in [2.24, 2.45) is 0 Å². The Labute approximate surface area is 144 Å². The highest BCUT2D eigenvalue weighted by molar-refractivity contribution is 5.87. The minimum absolute atomic E-state index is 0.0253. The van der Waals surface area contributed by atoms with Gasteiger partial charge in [0.05, 0.1) is 13.7 Å². The molecule has 0 saturated heterocycles. The molecule has 0 unspecified atom stereocenters. The zero-order valence-corrected chi connectivity index (χ0v) is 15.0. The summed E-state index contributed by atoms with van der Waals surface area (Å²) >= 11 is 0. The Bertz CT molecular complexity index is 516. The molecule has 0 bridgehead atoms. The van der Waals surface area contributed by atoms with Gasteiger partial charge in [-0.3, -0.25) is 9.59 Å². The van der Waals surface area contributed by atoms with Gasteiger partial charge in [0.25, 0.3) is 0 Å². The Morgan fingerprint density at radius 2 is 1.88 bits per heavy atom. The fourth-order valence-corrected chi connectivity index (χ4v) is 2.29. The molecule has 24 heavy (non-hydrogen) atoms. The molecule has 0 heterocycles. The number of carbonyl (C=O) groups is 2. The van der Waals surface area contributed by atoms with E-state index in [2.05, 4.69) is 5.32 Å². The van der Waals surface area contributed by atoms with Crippen molar-refractivity contribution in [3.8, 4) is 5.75 Å². The van der Waals surface area contributed by atoms with Gasteiger partial charge in [-0.15, -0.1) is 0 Å². The number of nitrogens with one attached hydrogen (secondary N) is 1. The molecular formula is C18H28N2O4. The minimum Gasteiger partial charge on any atom is -0.497 e. The second kappa shape index (κ2) is 10.6. The predicted octanol–water partition coefficient (Wildman–Crippen LogP) is 1.97. The minimum atomic E-state index is -0.539. The van der Waals surface area contributed by atoms with Crippen molar-refractivity contribution < 1.29 is 19.1 Å². The number of methoxy groups -OCH3 is 2. The first-order valence-corrected chi connectivity index (χ1v) is 8.22. The monoisotopic (exact) mass is 336 g/mol. The Balaban J connectivity index is 2.81. The summed E-state index contributed by atoms with van der Waals surface area (Å²) in [6.07, 6.45) is 1.17. The van der Waals surface area contributed by atoms with Gasteiger partial charge in [0.1, 0.15) is 11.8 Å². The molecule has 0 fully saturated rings. The molecule has 0 aliphatic carbocycles.